The second kappa shape index (κ2) is 8.57. The summed E-state index contributed by atoms with van der Waals surface area (Å²) in [6.07, 6.45) is 0. The number of aromatic nitrogens is 3. The minimum absolute atomic E-state index is 0.305. The molecular weight excluding hydrogens is 383 g/mol. The van der Waals surface area contributed by atoms with Gasteiger partial charge >= 0.3 is 0 Å². The highest BCUT2D eigenvalue weighted by molar-refractivity contribution is 5.97. The zero-order valence-corrected chi connectivity index (χ0v) is 16.2. The van der Waals surface area contributed by atoms with Crippen molar-refractivity contribution in [2.24, 2.45) is 0 Å². The van der Waals surface area contributed by atoms with Crippen LogP contribution in [-0.2, 0) is 6.54 Å². The molecule has 30 heavy (non-hydrogen) atoms. The lowest BCUT2D eigenvalue weighted by atomic mass is 10.2. The molecule has 0 saturated carbocycles. The lowest BCUT2D eigenvalue weighted by Gasteiger charge is -2.08. The van der Waals surface area contributed by atoms with E-state index in [-0.39, 0.29) is 0 Å². The minimum atomic E-state index is -0.409. The fraction of sp³-hybridized carbons (Fsp3) is 0.0870. The van der Waals surface area contributed by atoms with Gasteiger partial charge < -0.3 is 10.1 Å². The Morgan fingerprint density at radius 2 is 1.70 bits per heavy atom. The quantitative estimate of drug-likeness (QED) is 0.518. The smallest absolute Gasteiger partial charge is 0.281 e. The first-order chi connectivity index (χ1) is 14.6. The summed E-state index contributed by atoms with van der Waals surface area (Å²) < 4.78 is 19.6. The third-order valence-corrected chi connectivity index (χ3v) is 4.53. The number of hydrogen-bond acceptors (Lipinski definition) is 5. The first-order valence-corrected chi connectivity index (χ1v) is 9.33. The van der Waals surface area contributed by atoms with Gasteiger partial charge in [0.05, 0.1) is 7.11 Å². The highest BCUT2D eigenvalue weighted by Gasteiger charge is 2.18. The average Bonchev–Trinajstić information content (AvgIpc) is 3.23. The monoisotopic (exact) mass is 402 g/mol. The highest BCUT2D eigenvalue weighted by atomic mass is 19.1. The first-order valence-electron chi connectivity index (χ1n) is 9.33. The fourth-order valence-corrected chi connectivity index (χ4v) is 2.92. The molecule has 7 heteroatoms. The number of ether oxygens (including phenoxy) is 1. The molecule has 3 aromatic carbocycles. The molecule has 4 rings (SSSR count). The summed E-state index contributed by atoms with van der Waals surface area (Å²) in [6, 6.07) is 22.3. The maximum absolute atomic E-state index is 13.3. The van der Waals surface area contributed by atoms with Crippen LogP contribution in [0.4, 0.5) is 10.3 Å². The Hall–Kier alpha value is -4.00. The van der Waals surface area contributed by atoms with Gasteiger partial charge in [0.2, 0.25) is 5.95 Å². The van der Waals surface area contributed by atoms with Crippen molar-refractivity contribution in [3.8, 4) is 17.1 Å². The van der Waals surface area contributed by atoms with Gasteiger partial charge in [0.1, 0.15) is 11.6 Å². The van der Waals surface area contributed by atoms with E-state index in [9.17, 15) is 9.18 Å². The maximum atomic E-state index is 13.3. The molecule has 0 aliphatic carbocycles. The molecule has 1 N–H and O–H groups in total. The number of methoxy groups -OCH3 is 1. The third kappa shape index (κ3) is 4.20. The molecule has 0 spiro atoms. The van der Waals surface area contributed by atoms with Crippen LogP contribution in [-0.4, -0.2) is 27.8 Å². The molecule has 0 atom stereocenters. The Morgan fingerprint density at radius 3 is 2.37 bits per heavy atom. The van der Waals surface area contributed by atoms with Crippen LogP contribution in [0.5, 0.6) is 5.75 Å². The average molecular weight is 402 g/mol. The molecule has 1 heterocycles. The van der Waals surface area contributed by atoms with Gasteiger partial charge in [0.25, 0.3) is 5.91 Å². The van der Waals surface area contributed by atoms with Crippen molar-refractivity contribution in [3.05, 3.63) is 95.8 Å². The fourth-order valence-electron chi connectivity index (χ4n) is 2.92. The summed E-state index contributed by atoms with van der Waals surface area (Å²) in [5.74, 6) is 0.678. The molecular formula is C23H19FN4O2. The second-order valence-corrected chi connectivity index (χ2v) is 6.55. The van der Waals surface area contributed by atoms with Crippen molar-refractivity contribution < 1.29 is 13.9 Å². The van der Waals surface area contributed by atoms with Crippen molar-refractivity contribution >= 4 is 11.9 Å². The van der Waals surface area contributed by atoms with E-state index in [4.69, 9.17) is 4.74 Å². The summed E-state index contributed by atoms with van der Waals surface area (Å²) in [7, 11) is 1.61. The van der Waals surface area contributed by atoms with E-state index >= 15 is 0 Å². The molecule has 0 fully saturated rings. The summed E-state index contributed by atoms with van der Waals surface area (Å²) in [6.45, 7) is 0.438. The van der Waals surface area contributed by atoms with Crippen LogP contribution >= 0.6 is 0 Å². The number of anilines is 1. The predicted molar refractivity (Wildman–Crippen MR) is 112 cm³/mol. The number of halogens is 1. The molecule has 4 aromatic rings. The van der Waals surface area contributed by atoms with Crippen molar-refractivity contribution in [3.63, 3.8) is 0 Å². The van der Waals surface area contributed by atoms with E-state index in [2.05, 4.69) is 15.4 Å². The van der Waals surface area contributed by atoms with Crippen LogP contribution in [0.25, 0.3) is 11.4 Å². The van der Waals surface area contributed by atoms with Crippen LogP contribution in [0.2, 0.25) is 0 Å². The molecule has 0 aliphatic heterocycles. The van der Waals surface area contributed by atoms with Crippen LogP contribution in [0.15, 0.2) is 78.9 Å². The van der Waals surface area contributed by atoms with Gasteiger partial charge in [-0.2, -0.15) is 9.67 Å². The second-order valence-electron chi connectivity index (χ2n) is 6.55. The summed E-state index contributed by atoms with van der Waals surface area (Å²) in [5, 5.41) is 7.57. The first kappa shape index (κ1) is 19.3. The summed E-state index contributed by atoms with van der Waals surface area (Å²) in [5.41, 5.74) is 2.09. The van der Waals surface area contributed by atoms with E-state index in [0.717, 1.165) is 16.9 Å². The molecule has 0 saturated heterocycles. The van der Waals surface area contributed by atoms with E-state index < -0.39 is 11.7 Å². The number of benzene rings is 3. The van der Waals surface area contributed by atoms with Crippen molar-refractivity contribution in [1.82, 2.24) is 14.8 Å². The summed E-state index contributed by atoms with van der Waals surface area (Å²) >= 11 is 0. The van der Waals surface area contributed by atoms with Crippen LogP contribution in [0.3, 0.4) is 0 Å². The molecule has 0 aliphatic rings. The van der Waals surface area contributed by atoms with Gasteiger partial charge in [0, 0.05) is 17.7 Å². The number of rotatable bonds is 6. The third-order valence-electron chi connectivity index (χ3n) is 4.53. The number of carbonyl (C=O) groups is 1. The molecule has 0 amide bonds. The van der Waals surface area contributed by atoms with Crippen molar-refractivity contribution in [1.29, 1.82) is 0 Å². The SMILES string of the molecule is COc1ccc(CNc2nc(-c3ccccc3)nn2C(=O)c2ccc(F)cc2)cc1. The Morgan fingerprint density at radius 1 is 1.00 bits per heavy atom. The highest BCUT2D eigenvalue weighted by Crippen LogP contribution is 2.20. The summed E-state index contributed by atoms with van der Waals surface area (Å²) in [4.78, 5) is 17.5. The van der Waals surface area contributed by atoms with Gasteiger partial charge in [-0.25, -0.2) is 4.39 Å². The molecule has 6 nitrogen and oxygen atoms in total. The van der Waals surface area contributed by atoms with Gasteiger partial charge in [-0.1, -0.05) is 42.5 Å². The Labute approximate surface area is 173 Å². The number of nitrogens with zero attached hydrogens (tertiary/aromatic N) is 3. The van der Waals surface area contributed by atoms with E-state index in [1.165, 1.54) is 28.9 Å². The Kier molecular flexibility index (Phi) is 5.52. The van der Waals surface area contributed by atoms with Gasteiger partial charge in [-0.15, -0.1) is 5.10 Å². The van der Waals surface area contributed by atoms with Crippen molar-refractivity contribution in [2.45, 2.75) is 6.54 Å². The largest absolute Gasteiger partial charge is 0.497 e. The molecule has 0 radical (unpaired) electrons. The number of carbonyl (C=O) groups excluding carboxylic acids is 1. The number of hydrogen-bond donors (Lipinski definition) is 1. The lowest BCUT2D eigenvalue weighted by molar-refractivity contribution is 0.0947. The van der Waals surface area contributed by atoms with Gasteiger partial charge in [-0.05, 0) is 42.0 Å². The lowest BCUT2D eigenvalue weighted by Crippen LogP contribution is -2.17. The molecule has 150 valence electrons. The van der Waals surface area contributed by atoms with Crippen LogP contribution in [0.1, 0.15) is 15.9 Å². The number of nitrogens with one attached hydrogen (secondary N) is 1. The maximum Gasteiger partial charge on any atom is 0.281 e. The van der Waals surface area contributed by atoms with Crippen LogP contribution < -0.4 is 10.1 Å². The van der Waals surface area contributed by atoms with Gasteiger partial charge in [-0.3, -0.25) is 4.79 Å². The van der Waals surface area contributed by atoms with E-state index in [1.54, 1.807) is 7.11 Å². The van der Waals surface area contributed by atoms with Crippen molar-refractivity contribution in [2.75, 3.05) is 12.4 Å². The Bertz CT molecular complexity index is 1140. The zero-order chi connectivity index (χ0) is 20.9. The standard InChI is InChI=1S/C23H19FN4O2/c1-30-20-13-7-16(8-14-20)15-25-23-26-21(17-5-3-2-4-6-17)27-28(23)22(29)18-9-11-19(24)12-10-18/h2-14H,15H2,1H3,(H,25,26,27). The molecule has 0 bridgehead atoms. The molecule has 0 unspecified atom stereocenters. The van der Waals surface area contributed by atoms with Crippen LogP contribution in [0, 0.1) is 5.82 Å². The van der Waals surface area contributed by atoms with Gasteiger partial charge in [0.15, 0.2) is 5.82 Å². The molecule has 1 aromatic heterocycles. The Balaban J connectivity index is 1.65. The predicted octanol–water partition coefficient (Wildman–Crippen LogP) is 4.39. The van der Waals surface area contributed by atoms with E-state index in [1.807, 2.05) is 54.6 Å². The topological polar surface area (TPSA) is 69.0 Å². The zero-order valence-electron chi connectivity index (χ0n) is 16.2. The minimum Gasteiger partial charge on any atom is -0.497 e. The van der Waals surface area contributed by atoms with E-state index in [0.29, 0.717) is 23.9 Å². The normalized spacial score (nSPS) is 10.6.